The maximum Gasteiger partial charge on any atom is 0.229 e. The van der Waals surface area contributed by atoms with E-state index in [1.807, 2.05) is 0 Å². The molecule has 0 amide bonds. The normalized spacial score (nSPS) is 12.9. The van der Waals surface area contributed by atoms with Gasteiger partial charge >= 0.3 is 0 Å². The summed E-state index contributed by atoms with van der Waals surface area (Å²) in [7, 11) is 0. The Bertz CT molecular complexity index is 838. The van der Waals surface area contributed by atoms with E-state index in [0.29, 0.717) is 5.56 Å². The van der Waals surface area contributed by atoms with Gasteiger partial charge in [-0.3, -0.25) is 19.2 Å². The minimum absolute atomic E-state index is 0.0266. The number of rotatable bonds is 2. The second-order valence-electron chi connectivity index (χ2n) is 4.88. The monoisotopic (exact) mass is 282 g/mol. The zero-order chi connectivity index (χ0) is 15.3. The van der Waals surface area contributed by atoms with Gasteiger partial charge in [0.1, 0.15) is 0 Å². The Morgan fingerprint density at radius 2 is 1.57 bits per heavy atom. The van der Waals surface area contributed by atoms with Crippen LogP contribution in [0.5, 0.6) is 0 Å². The van der Waals surface area contributed by atoms with Crippen molar-refractivity contribution in [2.45, 2.75) is 13.8 Å². The van der Waals surface area contributed by atoms with Crippen LogP contribution in [0.3, 0.4) is 0 Å². The molecule has 1 aromatic heterocycles. The molecule has 104 valence electrons. The van der Waals surface area contributed by atoms with Gasteiger partial charge in [0.25, 0.3) is 0 Å². The van der Waals surface area contributed by atoms with E-state index in [4.69, 9.17) is 4.42 Å². The van der Waals surface area contributed by atoms with Crippen molar-refractivity contribution in [3.63, 3.8) is 0 Å². The zero-order valence-corrected chi connectivity index (χ0v) is 11.4. The third kappa shape index (κ3) is 1.86. The standard InChI is InChI=1S/C16H10O5/c1-7(17)9-3-4-10-11(5-9)15(20)16-12(14(10)19)6-13(21-16)8(2)18/h3-6H,1-2H3. The molecule has 0 saturated carbocycles. The summed E-state index contributed by atoms with van der Waals surface area (Å²) in [6.45, 7) is 2.67. The summed E-state index contributed by atoms with van der Waals surface area (Å²) in [5, 5.41) is 0. The van der Waals surface area contributed by atoms with E-state index < -0.39 is 5.78 Å². The van der Waals surface area contributed by atoms with Gasteiger partial charge in [0.2, 0.25) is 5.78 Å². The molecule has 1 heterocycles. The van der Waals surface area contributed by atoms with Gasteiger partial charge in [0, 0.05) is 23.6 Å². The molecule has 1 aromatic carbocycles. The molecule has 5 heteroatoms. The molecule has 0 N–H and O–H groups in total. The van der Waals surface area contributed by atoms with Crippen LogP contribution in [0.1, 0.15) is 66.8 Å². The molecular weight excluding hydrogens is 272 g/mol. The number of carbonyl (C=O) groups excluding carboxylic acids is 4. The Morgan fingerprint density at radius 1 is 0.857 bits per heavy atom. The molecule has 0 aliphatic heterocycles. The number of hydrogen-bond donors (Lipinski definition) is 0. The smallest absolute Gasteiger partial charge is 0.229 e. The number of Topliss-reactive ketones (excluding diaryl/α,β-unsaturated/α-hetero) is 2. The van der Waals surface area contributed by atoms with E-state index in [0.717, 1.165) is 0 Å². The van der Waals surface area contributed by atoms with Crippen LogP contribution in [0.2, 0.25) is 0 Å². The van der Waals surface area contributed by atoms with Gasteiger partial charge in [0.05, 0.1) is 5.56 Å². The quantitative estimate of drug-likeness (QED) is 0.674. The highest BCUT2D eigenvalue weighted by Gasteiger charge is 2.34. The molecular formula is C16H10O5. The fourth-order valence-electron chi connectivity index (χ4n) is 2.32. The first-order chi connectivity index (χ1) is 9.90. The molecule has 0 bridgehead atoms. The van der Waals surface area contributed by atoms with E-state index in [1.165, 1.54) is 38.1 Å². The van der Waals surface area contributed by atoms with Crippen LogP contribution < -0.4 is 0 Å². The summed E-state index contributed by atoms with van der Waals surface area (Å²) in [5.74, 6) is -1.60. The van der Waals surface area contributed by atoms with Crippen molar-refractivity contribution in [3.8, 4) is 0 Å². The summed E-state index contributed by atoms with van der Waals surface area (Å²) >= 11 is 0. The van der Waals surface area contributed by atoms with Crippen LogP contribution in [0.4, 0.5) is 0 Å². The first-order valence-corrected chi connectivity index (χ1v) is 6.29. The highest BCUT2D eigenvalue weighted by atomic mass is 16.4. The molecule has 1 aliphatic carbocycles. The van der Waals surface area contributed by atoms with Gasteiger partial charge in [-0.25, -0.2) is 0 Å². The molecule has 0 unspecified atom stereocenters. The van der Waals surface area contributed by atoms with Crippen LogP contribution in [-0.2, 0) is 0 Å². The van der Waals surface area contributed by atoms with Crippen molar-refractivity contribution >= 4 is 23.1 Å². The topological polar surface area (TPSA) is 81.4 Å². The molecule has 5 nitrogen and oxygen atoms in total. The Hall–Kier alpha value is -2.82. The highest BCUT2D eigenvalue weighted by Crippen LogP contribution is 2.30. The average Bonchev–Trinajstić information content (AvgIpc) is 2.90. The number of hydrogen-bond acceptors (Lipinski definition) is 5. The van der Waals surface area contributed by atoms with Crippen molar-refractivity contribution in [1.82, 2.24) is 0 Å². The van der Waals surface area contributed by atoms with Crippen molar-refractivity contribution in [1.29, 1.82) is 0 Å². The summed E-state index contributed by atoms with van der Waals surface area (Å²) in [4.78, 5) is 47.5. The molecule has 3 rings (SSSR count). The Morgan fingerprint density at radius 3 is 2.19 bits per heavy atom. The van der Waals surface area contributed by atoms with E-state index in [2.05, 4.69) is 0 Å². The summed E-state index contributed by atoms with van der Waals surface area (Å²) < 4.78 is 5.20. The lowest BCUT2D eigenvalue weighted by atomic mass is 9.87. The number of carbonyl (C=O) groups is 4. The molecule has 0 atom stereocenters. The van der Waals surface area contributed by atoms with Crippen molar-refractivity contribution in [2.24, 2.45) is 0 Å². The Balaban J connectivity index is 2.22. The first kappa shape index (κ1) is 13.2. The summed E-state index contributed by atoms with van der Waals surface area (Å²) in [6.07, 6.45) is 0. The second-order valence-corrected chi connectivity index (χ2v) is 4.88. The second kappa shape index (κ2) is 4.34. The van der Waals surface area contributed by atoms with E-state index >= 15 is 0 Å². The fraction of sp³-hybridized carbons (Fsp3) is 0.125. The van der Waals surface area contributed by atoms with Gasteiger partial charge in [0.15, 0.2) is 28.9 Å². The predicted molar refractivity (Wildman–Crippen MR) is 72.0 cm³/mol. The minimum atomic E-state index is -0.491. The van der Waals surface area contributed by atoms with Crippen molar-refractivity contribution < 1.29 is 23.6 Å². The number of furan rings is 1. The third-order valence-corrected chi connectivity index (χ3v) is 3.45. The van der Waals surface area contributed by atoms with Gasteiger partial charge in [-0.1, -0.05) is 6.07 Å². The van der Waals surface area contributed by atoms with Crippen molar-refractivity contribution in [2.75, 3.05) is 0 Å². The van der Waals surface area contributed by atoms with E-state index in [9.17, 15) is 19.2 Å². The maximum absolute atomic E-state index is 12.4. The van der Waals surface area contributed by atoms with Gasteiger partial charge < -0.3 is 4.42 Å². The van der Waals surface area contributed by atoms with Crippen LogP contribution in [0.25, 0.3) is 0 Å². The van der Waals surface area contributed by atoms with Gasteiger partial charge in [-0.2, -0.15) is 0 Å². The Kier molecular flexibility index (Phi) is 2.73. The number of ketones is 4. The lowest BCUT2D eigenvalue weighted by molar-refractivity contribution is 0.0947. The largest absolute Gasteiger partial charge is 0.449 e. The number of fused-ring (bicyclic) bond motifs is 2. The van der Waals surface area contributed by atoms with Crippen LogP contribution in [0.15, 0.2) is 28.7 Å². The SMILES string of the molecule is CC(=O)c1ccc2c(c1)C(=O)c1oc(C(C)=O)cc1C2=O. The molecule has 2 aromatic rings. The fourth-order valence-corrected chi connectivity index (χ4v) is 2.32. The molecule has 0 saturated heterocycles. The Labute approximate surface area is 119 Å². The zero-order valence-electron chi connectivity index (χ0n) is 11.4. The molecule has 1 aliphatic rings. The third-order valence-electron chi connectivity index (χ3n) is 3.45. The molecule has 21 heavy (non-hydrogen) atoms. The van der Waals surface area contributed by atoms with Gasteiger partial charge in [-0.15, -0.1) is 0 Å². The molecule has 0 spiro atoms. The number of benzene rings is 1. The minimum Gasteiger partial charge on any atom is -0.449 e. The van der Waals surface area contributed by atoms with E-state index in [-0.39, 0.29) is 45.6 Å². The maximum atomic E-state index is 12.4. The van der Waals surface area contributed by atoms with Crippen molar-refractivity contribution in [3.05, 3.63) is 58.0 Å². The summed E-state index contributed by atoms with van der Waals surface area (Å²) in [5.41, 5.74) is 0.781. The van der Waals surface area contributed by atoms with Crippen LogP contribution in [0, 0.1) is 0 Å². The first-order valence-electron chi connectivity index (χ1n) is 6.29. The molecule has 0 radical (unpaired) electrons. The van der Waals surface area contributed by atoms with Gasteiger partial charge in [-0.05, 0) is 25.1 Å². The average molecular weight is 282 g/mol. The van der Waals surface area contributed by atoms with Crippen LogP contribution in [-0.4, -0.2) is 23.1 Å². The predicted octanol–water partition coefficient (Wildman–Crippen LogP) is 2.46. The lowest BCUT2D eigenvalue weighted by Gasteiger charge is -2.13. The lowest BCUT2D eigenvalue weighted by Crippen LogP contribution is -2.19. The summed E-state index contributed by atoms with van der Waals surface area (Å²) in [6, 6.07) is 5.63. The highest BCUT2D eigenvalue weighted by molar-refractivity contribution is 6.28. The van der Waals surface area contributed by atoms with Crippen LogP contribution >= 0.6 is 0 Å². The molecule has 0 fully saturated rings. The van der Waals surface area contributed by atoms with E-state index in [1.54, 1.807) is 0 Å².